The zero-order chi connectivity index (χ0) is 15.2. The Balaban J connectivity index is 2.22. The van der Waals surface area contributed by atoms with Crippen LogP contribution in [0.2, 0.25) is 0 Å². The van der Waals surface area contributed by atoms with E-state index in [2.05, 4.69) is 10.6 Å². The van der Waals surface area contributed by atoms with Crippen LogP contribution in [0.3, 0.4) is 0 Å². The quantitative estimate of drug-likeness (QED) is 0.787. The maximum absolute atomic E-state index is 12.2. The molecule has 0 heterocycles. The average molecular weight is 284 g/mol. The van der Waals surface area contributed by atoms with E-state index in [-0.39, 0.29) is 11.5 Å². The lowest BCUT2D eigenvalue weighted by Crippen LogP contribution is -2.15. The van der Waals surface area contributed by atoms with Gasteiger partial charge in [0.05, 0.1) is 5.56 Å². The van der Waals surface area contributed by atoms with E-state index in [0.717, 1.165) is 5.56 Å². The van der Waals surface area contributed by atoms with E-state index in [1.165, 1.54) is 12.1 Å². The van der Waals surface area contributed by atoms with E-state index < -0.39 is 5.97 Å². The summed E-state index contributed by atoms with van der Waals surface area (Å²) in [4.78, 5) is 23.2. The minimum atomic E-state index is -1.06. The van der Waals surface area contributed by atoms with Crippen molar-refractivity contribution in [3.05, 3.63) is 65.2 Å². The average Bonchev–Trinajstić information content (AvgIpc) is 2.49. The molecular weight excluding hydrogens is 268 g/mol. The summed E-state index contributed by atoms with van der Waals surface area (Å²) in [5, 5.41) is 14.8. The summed E-state index contributed by atoms with van der Waals surface area (Å²) in [6.45, 7) is 0.631. The van der Waals surface area contributed by atoms with E-state index in [0.29, 0.717) is 17.8 Å². The van der Waals surface area contributed by atoms with Gasteiger partial charge in [-0.05, 0) is 36.9 Å². The monoisotopic (exact) mass is 284 g/mol. The van der Waals surface area contributed by atoms with Gasteiger partial charge >= 0.3 is 5.97 Å². The lowest BCUT2D eigenvalue weighted by Gasteiger charge is -2.11. The molecule has 0 atom stereocenters. The van der Waals surface area contributed by atoms with Gasteiger partial charge < -0.3 is 15.7 Å². The van der Waals surface area contributed by atoms with E-state index in [9.17, 15) is 9.59 Å². The van der Waals surface area contributed by atoms with Crippen molar-refractivity contribution in [1.29, 1.82) is 0 Å². The smallest absolute Gasteiger partial charge is 0.335 e. The highest BCUT2D eigenvalue weighted by Gasteiger charge is 2.11. The van der Waals surface area contributed by atoms with Crippen LogP contribution in [0.5, 0.6) is 0 Å². The molecule has 0 aliphatic carbocycles. The van der Waals surface area contributed by atoms with Crippen molar-refractivity contribution in [3.63, 3.8) is 0 Å². The van der Waals surface area contributed by atoms with Gasteiger partial charge in [0.15, 0.2) is 0 Å². The van der Waals surface area contributed by atoms with Crippen molar-refractivity contribution in [2.75, 3.05) is 12.4 Å². The van der Waals surface area contributed by atoms with E-state index >= 15 is 0 Å². The Morgan fingerprint density at radius 1 is 1.05 bits per heavy atom. The van der Waals surface area contributed by atoms with Crippen molar-refractivity contribution in [3.8, 4) is 0 Å². The van der Waals surface area contributed by atoms with Crippen LogP contribution in [0.4, 0.5) is 5.69 Å². The molecule has 0 saturated heterocycles. The van der Waals surface area contributed by atoms with Gasteiger partial charge in [-0.2, -0.15) is 0 Å². The van der Waals surface area contributed by atoms with Crippen LogP contribution >= 0.6 is 0 Å². The topological polar surface area (TPSA) is 78.4 Å². The van der Waals surface area contributed by atoms with Crippen LogP contribution in [-0.2, 0) is 6.54 Å². The van der Waals surface area contributed by atoms with Crippen LogP contribution in [0, 0.1) is 0 Å². The highest BCUT2D eigenvalue weighted by molar-refractivity contribution is 6.05. The third-order valence-electron chi connectivity index (χ3n) is 3.00. The van der Waals surface area contributed by atoms with Gasteiger partial charge in [-0.1, -0.05) is 24.3 Å². The van der Waals surface area contributed by atoms with Crippen molar-refractivity contribution in [1.82, 2.24) is 5.32 Å². The van der Waals surface area contributed by atoms with Gasteiger partial charge in [-0.3, -0.25) is 4.79 Å². The highest BCUT2D eigenvalue weighted by atomic mass is 16.4. The lowest BCUT2D eigenvalue weighted by atomic mass is 10.1. The molecule has 2 aromatic carbocycles. The summed E-state index contributed by atoms with van der Waals surface area (Å²) >= 11 is 0. The first kappa shape index (κ1) is 14.7. The van der Waals surface area contributed by atoms with Crippen LogP contribution in [-0.4, -0.2) is 24.0 Å². The van der Waals surface area contributed by atoms with E-state index in [1.54, 1.807) is 12.1 Å². The fourth-order valence-corrected chi connectivity index (χ4v) is 1.97. The first-order chi connectivity index (χ1) is 10.1. The number of aromatic carboxylic acids is 1. The number of benzene rings is 2. The summed E-state index contributed by atoms with van der Waals surface area (Å²) < 4.78 is 0. The van der Waals surface area contributed by atoms with E-state index in [1.807, 2.05) is 31.3 Å². The molecule has 0 aliphatic rings. The SMILES string of the molecule is CNCc1ccccc1NC(=O)c1cccc(C(=O)O)c1. The van der Waals surface area contributed by atoms with Crippen LogP contribution in [0.25, 0.3) is 0 Å². The Morgan fingerprint density at radius 3 is 2.48 bits per heavy atom. The van der Waals surface area contributed by atoms with Gasteiger partial charge in [0.2, 0.25) is 0 Å². The Kier molecular flexibility index (Phi) is 4.68. The molecule has 0 spiro atoms. The second kappa shape index (κ2) is 6.67. The second-order valence-corrected chi connectivity index (χ2v) is 4.53. The van der Waals surface area contributed by atoms with Gasteiger partial charge in [0, 0.05) is 17.8 Å². The van der Waals surface area contributed by atoms with Crippen molar-refractivity contribution >= 4 is 17.6 Å². The molecule has 5 heteroatoms. The molecule has 0 aliphatic heterocycles. The number of carbonyl (C=O) groups is 2. The molecule has 0 radical (unpaired) electrons. The maximum Gasteiger partial charge on any atom is 0.335 e. The molecule has 3 N–H and O–H groups in total. The molecule has 0 unspecified atom stereocenters. The summed E-state index contributed by atoms with van der Waals surface area (Å²) in [5.41, 5.74) is 2.07. The lowest BCUT2D eigenvalue weighted by molar-refractivity contribution is 0.0697. The molecule has 5 nitrogen and oxygen atoms in total. The van der Waals surface area contributed by atoms with Gasteiger partial charge in [0.25, 0.3) is 5.91 Å². The molecule has 0 aromatic heterocycles. The van der Waals surface area contributed by atoms with Gasteiger partial charge in [-0.15, -0.1) is 0 Å². The molecule has 0 bridgehead atoms. The molecule has 2 rings (SSSR count). The summed E-state index contributed by atoms with van der Waals surface area (Å²) in [5.74, 6) is -1.39. The van der Waals surface area contributed by atoms with Crippen molar-refractivity contribution in [2.24, 2.45) is 0 Å². The number of carboxylic acids is 1. The molecule has 0 saturated carbocycles. The number of para-hydroxylation sites is 1. The number of amides is 1. The molecule has 108 valence electrons. The first-order valence-corrected chi connectivity index (χ1v) is 6.49. The maximum atomic E-state index is 12.2. The molecule has 1 amide bonds. The first-order valence-electron chi connectivity index (χ1n) is 6.49. The summed E-state index contributed by atoms with van der Waals surface area (Å²) in [6, 6.07) is 13.4. The molecule has 2 aromatic rings. The predicted octanol–water partition coefficient (Wildman–Crippen LogP) is 2.36. The Labute approximate surface area is 122 Å². The number of carboxylic acid groups (broad SMARTS) is 1. The minimum absolute atomic E-state index is 0.0890. The Morgan fingerprint density at radius 2 is 1.76 bits per heavy atom. The number of hydrogen-bond donors (Lipinski definition) is 3. The largest absolute Gasteiger partial charge is 0.478 e. The highest BCUT2D eigenvalue weighted by Crippen LogP contribution is 2.16. The van der Waals surface area contributed by atoms with Crippen LogP contribution in [0.1, 0.15) is 26.3 Å². The summed E-state index contributed by atoms with van der Waals surface area (Å²) in [6.07, 6.45) is 0. The number of nitrogens with one attached hydrogen (secondary N) is 2. The number of rotatable bonds is 5. The molecular formula is C16H16N2O3. The van der Waals surface area contributed by atoms with Crippen molar-refractivity contribution < 1.29 is 14.7 Å². The minimum Gasteiger partial charge on any atom is -0.478 e. The third-order valence-corrected chi connectivity index (χ3v) is 3.00. The zero-order valence-electron chi connectivity index (χ0n) is 11.6. The second-order valence-electron chi connectivity index (χ2n) is 4.53. The molecule has 0 fully saturated rings. The fraction of sp³-hybridized carbons (Fsp3) is 0.125. The molecule has 21 heavy (non-hydrogen) atoms. The van der Waals surface area contributed by atoms with Crippen LogP contribution in [0.15, 0.2) is 48.5 Å². The number of hydrogen-bond acceptors (Lipinski definition) is 3. The van der Waals surface area contributed by atoms with E-state index in [4.69, 9.17) is 5.11 Å². The standard InChI is InChI=1S/C16H16N2O3/c1-17-10-13-5-2-3-8-14(13)18-15(19)11-6-4-7-12(9-11)16(20)21/h2-9,17H,10H2,1H3,(H,18,19)(H,20,21). The van der Waals surface area contributed by atoms with Gasteiger partial charge in [0.1, 0.15) is 0 Å². The zero-order valence-corrected chi connectivity index (χ0v) is 11.6. The normalized spacial score (nSPS) is 10.1. The third kappa shape index (κ3) is 3.67. The van der Waals surface area contributed by atoms with Gasteiger partial charge in [-0.25, -0.2) is 4.79 Å². The van der Waals surface area contributed by atoms with Crippen LogP contribution < -0.4 is 10.6 Å². The Bertz CT molecular complexity index is 668. The Hall–Kier alpha value is -2.66. The fourth-order valence-electron chi connectivity index (χ4n) is 1.97. The number of anilines is 1. The van der Waals surface area contributed by atoms with Crippen molar-refractivity contribution in [2.45, 2.75) is 6.54 Å². The predicted molar refractivity (Wildman–Crippen MR) is 80.6 cm³/mol. The summed E-state index contributed by atoms with van der Waals surface area (Å²) in [7, 11) is 1.83. The number of carbonyl (C=O) groups excluding carboxylic acids is 1.